The average molecular weight is 482 g/mol. The molecule has 178 valence electrons. The third-order valence-electron chi connectivity index (χ3n) is 5.55. The van der Waals surface area contributed by atoms with E-state index in [9.17, 15) is 9.59 Å². The number of anilines is 2. The van der Waals surface area contributed by atoms with Gasteiger partial charge in [0.15, 0.2) is 0 Å². The van der Waals surface area contributed by atoms with Crippen molar-refractivity contribution < 1.29 is 14.3 Å². The normalized spacial score (nSPS) is 14.2. The predicted octanol–water partition coefficient (Wildman–Crippen LogP) is 4.17. The molecule has 0 saturated carbocycles. The fraction of sp³-hybridized carbons (Fsp3) is 0.320. The van der Waals surface area contributed by atoms with Gasteiger partial charge in [-0.3, -0.25) is 14.5 Å². The third-order valence-corrected chi connectivity index (χ3v) is 5.78. The van der Waals surface area contributed by atoms with Crippen LogP contribution in [-0.4, -0.2) is 59.3 Å². The lowest BCUT2D eigenvalue weighted by atomic mass is 10.0. The number of halogens is 1. The Bertz CT molecular complexity index is 1150. The fourth-order valence-electron chi connectivity index (χ4n) is 3.90. The summed E-state index contributed by atoms with van der Waals surface area (Å²) in [4.78, 5) is 27.4. The van der Waals surface area contributed by atoms with Gasteiger partial charge in [0, 0.05) is 29.5 Å². The Hall–Kier alpha value is -3.20. The molecule has 9 heteroatoms. The standard InChI is InChI=1S/C25H28ClN5O3/c1-17(2)24-22(15-27-31(24)21-5-3-4-18(26)14-21)25(33)29-20-8-6-19(7-9-20)28-23(32)16-30-10-12-34-13-11-30/h3-9,14-15,17H,10-13,16H2,1-2H3,(H,28,32)(H,29,33). The summed E-state index contributed by atoms with van der Waals surface area (Å²) in [5, 5.41) is 10.9. The van der Waals surface area contributed by atoms with Gasteiger partial charge >= 0.3 is 0 Å². The number of ether oxygens (including phenoxy) is 1. The van der Waals surface area contributed by atoms with E-state index in [-0.39, 0.29) is 17.7 Å². The number of benzene rings is 2. The monoisotopic (exact) mass is 481 g/mol. The third kappa shape index (κ3) is 5.83. The van der Waals surface area contributed by atoms with Gasteiger partial charge in [0.1, 0.15) is 0 Å². The van der Waals surface area contributed by atoms with Gasteiger partial charge in [-0.1, -0.05) is 31.5 Å². The molecule has 34 heavy (non-hydrogen) atoms. The summed E-state index contributed by atoms with van der Waals surface area (Å²) in [5.74, 6) is -0.263. The first-order valence-electron chi connectivity index (χ1n) is 11.3. The van der Waals surface area contributed by atoms with Crippen LogP contribution in [0.25, 0.3) is 5.69 Å². The average Bonchev–Trinajstić information content (AvgIpc) is 3.27. The Balaban J connectivity index is 1.42. The smallest absolute Gasteiger partial charge is 0.259 e. The molecule has 1 aliphatic heterocycles. The van der Waals surface area contributed by atoms with Crippen molar-refractivity contribution in [3.05, 3.63) is 71.0 Å². The number of carbonyl (C=O) groups is 2. The summed E-state index contributed by atoms with van der Waals surface area (Å²) < 4.78 is 7.06. The largest absolute Gasteiger partial charge is 0.379 e. The zero-order valence-electron chi connectivity index (χ0n) is 19.3. The van der Waals surface area contributed by atoms with Gasteiger partial charge in [0.25, 0.3) is 5.91 Å². The SMILES string of the molecule is CC(C)c1c(C(=O)Nc2ccc(NC(=O)CN3CCOCC3)cc2)cnn1-c1cccc(Cl)c1. The van der Waals surface area contributed by atoms with E-state index in [0.29, 0.717) is 41.7 Å². The molecule has 1 aliphatic rings. The summed E-state index contributed by atoms with van der Waals surface area (Å²) in [6.45, 7) is 7.18. The van der Waals surface area contributed by atoms with Crippen LogP contribution in [0.2, 0.25) is 5.02 Å². The highest BCUT2D eigenvalue weighted by Gasteiger charge is 2.21. The molecule has 0 aliphatic carbocycles. The van der Waals surface area contributed by atoms with Gasteiger partial charge in [-0.05, 0) is 48.4 Å². The van der Waals surface area contributed by atoms with Crippen LogP contribution in [0.1, 0.15) is 35.8 Å². The minimum absolute atomic E-state index is 0.0614. The highest BCUT2D eigenvalue weighted by Crippen LogP contribution is 2.25. The Morgan fingerprint density at radius 1 is 1.06 bits per heavy atom. The van der Waals surface area contributed by atoms with Gasteiger partial charge in [-0.25, -0.2) is 4.68 Å². The van der Waals surface area contributed by atoms with E-state index in [4.69, 9.17) is 16.3 Å². The maximum atomic E-state index is 13.1. The molecule has 8 nitrogen and oxygen atoms in total. The van der Waals surface area contributed by atoms with Crippen LogP contribution < -0.4 is 10.6 Å². The summed E-state index contributed by atoms with van der Waals surface area (Å²) in [5.41, 5.74) is 3.39. The Morgan fingerprint density at radius 3 is 2.38 bits per heavy atom. The van der Waals surface area contributed by atoms with Crippen LogP contribution >= 0.6 is 11.6 Å². The van der Waals surface area contributed by atoms with E-state index < -0.39 is 0 Å². The molecule has 0 unspecified atom stereocenters. The summed E-state index contributed by atoms with van der Waals surface area (Å²) in [7, 11) is 0. The molecule has 0 spiro atoms. The molecule has 3 aromatic rings. The van der Waals surface area contributed by atoms with Crippen LogP contribution in [0.15, 0.2) is 54.7 Å². The first-order chi connectivity index (χ1) is 16.4. The zero-order chi connectivity index (χ0) is 24.1. The maximum absolute atomic E-state index is 13.1. The Labute approximate surface area is 203 Å². The van der Waals surface area contributed by atoms with Gasteiger partial charge < -0.3 is 15.4 Å². The van der Waals surface area contributed by atoms with Crippen LogP contribution in [0.5, 0.6) is 0 Å². The number of aromatic nitrogens is 2. The molecule has 2 amide bonds. The lowest BCUT2D eigenvalue weighted by molar-refractivity contribution is -0.118. The predicted molar refractivity (Wildman–Crippen MR) is 133 cm³/mol. The second kappa shape index (κ2) is 10.8. The molecule has 0 bridgehead atoms. The quantitative estimate of drug-likeness (QED) is 0.528. The van der Waals surface area contributed by atoms with Gasteiger partial charge in [-0.2, -0.15) is 5.10 Å². The molecule has 0 radical (unpaired) electrons. The van der Waals surface area contributed by atoms with Crippen molar-refractivity contribution in [2.75, 3.05) is 43.5 Å². The molecule has 1 aromatic heterocycles. The van der Waals surface area contributed by atoms with Crippen LogP contribution in [0, 0.1) is 0 Å². The molecule has 2 aromatic carbocycles. The molecule has 1 saturated heterocycles. The lowest BCUT2D eigenvalue weighted by Gasteiger charge is -2.25. The highest BCUT2D eigenvalue weighted by atomic mass is 35.5. The van der Waals surface area contributed by atoms with Crippen molar-refractivity contribution >= 4 is 34.8 Å². The Kier molecular flexibility index (Phi) is 7.62. The molecule has 0 atom stereocenters. The number of hydrogen-bond donors (Lipinski definition) is 2. The molecular weight excluding hydrogens is 454 g/mol. The maximum Gasteiger partial charge on any atom is 0.259 e. The van der Waals surface area contributed by atoms with Crippen molar-refractivity contribution in [2.45, 2.75) is 19.8 Å². The number of carbonyl (C=O) groups excluding carboxylic acids is 2. The lowest BCUT2D eigenvalue weighted by Crippen LogP contribution is -2.41. The van der Waals surface area contributed by atoms with Gasteiger partial charge in [0.2, 0.25) is 5.91 Å². The van der Waals surface area contributed by atoms with Gasteiger partial charge in [-0.15, -0.1) is 0 Å². The van der Waals surface area contributed by atoms with Crippen molar-refractivity contribution in [1.82, 2.24) is 14.7 Å². The van der Waals surface area contributed by atoms with E-state index in [1.807, 2.05) is 32.0 Å². The van der Waals surface area contributed by atoms with Gasteiger partial charge in [0.05, 0.1) is 42.9 Å². The summed E-state index contributed by atoms with van der Waals surface area (Å²) >= 11 is 6.14. The molecule has 1 fully saturated rings. The molecule has 2 heterocycles. The molecule has 2 N–H and O–H groups in total. The van der Waals surface area contributed by atoms with E-state index in [0.717, 1.165) is 24.5 Å². The number of nitrogens with zero attached hydrogens (tertiary/aromatic N) is 3. The second-order valence-electron chi connectivity index (χ2n) is 8.46. The van der Waals surface area contributed by atoms with E-state index in [2.05, 4.69) is 20.6 Å². The second-order valence-corrected chi connectivity index (χ2v) is 8.89. The van der Waals surface area contributed by atoms with Crippen LogP contribution in [-0.2, 0) is 9.53 Å². The number of nitrogens with one attached hydrogen (secondary N) is 2. The molecular formula is C25H28ClN5O3. The first-order valence-corrected chi connectivity index (χ1v) is 11.6. The van der Waals surface area contributed by atoms with Crippen LogP contribution in [0.4, 0.5) is 11.4 Å². The summed E-state index contributed by atoms with van der Waals surface area (Å²) in [6, 6.07) is 14.4. The first kappa shape index (κ1) is 23.9. The van der Waals surface area contributed by atoms with E-state index in [1.54, 1.807) is 41.2 Å². The fourth-order valence-corrected chi connectivity index (χ4v) is 4.08. The highest BCUT2D eigenvalue weighted by molar-refractivity contribution is 6.30. The minimum atomic E-state index is -0.249. The van der Waals surface area contributed by atoms with Crippen LogP contribution in [0.3, 0.4) is 0 Å². The van der Waals surface area contributed by atoms with E-state index in [1.165, 1.54) is 0 Å². The van der Waals surface area contributed by atoms with Crippen molar-refractivity contribution in [2.24, 2.45) is 0 Å². The number of rotatable bonds is 7. The van der Waals surface area contributed by atoms with Crippen molar-refractivity contribution in [3.8, 4) is 5.69 Å². The topological polar surface area (TPSA) is 88.5 Å². The zero-order valence-corrected chi connectivity index (χ0v) is 20.0. The summed E-state index contributed by atoms with van der Waals surface area (Å²) in [6.07, 6.45) is 1.58. The number of morpholine rings is 1. The van der Waals surface area contributed by atoms with Crippen molar-refractivity contribution in [1.29, 1.82) is 0 Å². The number of hydrogen-bond acceptors (Lipinski definition) is 5. The Morgan fingerprint density at radius 2 is 1.74 bits per heavy atom. The van der Waals surface area contributed by atoms with Crippen molar-refractivity contribution in [3.63, 3.8) is 0 Å². The number of amides is 2. The minimum Gasteiger partial charge on any atom is -0.379 e. The van der Waals surface area contributed by atoms with E-state index >= 15 is 0 Å². The molecule has 4 rings (SSSR count).